The van der Waals surface area contributed by atoms with Crippen molar-refractivity contribution in [3.63, 3.8) is 0 Å². The zero-order valence-corrected chi connectivity index (χ0v) is 11.6. The van der Waals surface area contributed by atoms with E-state index in [1.165, 1.54) is 17.3 Å². The van der Waals surface area contributed by atoms with Crippen molar-refractivity contribution in [3.8, 4) is 0 Å². The highest BCUT2D eigenvalue weighted by Crippen LogP contribution is 2.28. The van der Waals surface area contributed by atoms with Gasteiger partial charge >= 0.3 is 0 Å². The lowest BCUT2D eigenvalue weighted by Gasteiger charge is -2.32. The summed E-state index contributed by atoms with van der Waals surface area (Å²) in [7, 11) is 0. The number of ether oxygens (including phenoxy) is 2. The fourth-order valence-electron chi connectivity index (χ4n) is 2.15. The number of hydrogen-bond donors (Lipinski definition) is 0. The number of hydrogen-bond acceptors (Lipinski definition) is 6. The third-order valence-electron chi connectivity index (χ3n) is 3.28. The summed E-state index contributed by atoms with van der Waals surface area (Å²) in [6.45, 7) is 2.62. The van der Waals surface area contributed by atoms with Crippen LogP contribution in [-0.2, 0) is 14.3 Å². The first-order valence-corrected chi connectivity index (χ1v) is 6.49. The number of rotatable bonds is 4. The van der Waals surface area contributed by atoms with Crippen LogP contribution in [0.15, 0.2) is 35.5 Å². The molecule has 0 amide bonds. The molecule has 1 aliphatic heterocycles. The summed E-state index contributed by atoms with van der Waals surface area (Å²) in [6.07, 6.45) is 6.03. The lowest BCUT2D eigenvalue weighted by molar-refractivity contribution is -0.168. The predicted octanol–water partition coefficient (Wildman–Crippen LogP) is 1.45. The molecule has 3 heterocycles. The van der Waals surface area contributed by atoms with E-state index in [1.807, 2.05) is 0 Å². The summed E-state index contributed by atoms with van der Waals surface area (Å²) in [5.41, 5.74) is -0.401. The van der Waals surface area contributed by atoms with Gasteiger partial charge < -0.3 is 13.9 Å². The minimum atomic E-state index is -0.761. The van der Waals surface area contributed by atoms with Gasteiger partial charge in [0.05, 0.1) is 24.9 Å². The van der Waals surface area contributed by atoms with Gasteiger partial charge in [-0.3, -0.25) is 4.79 Å². The Balaban J connectivity index is 1.97. The van der Waals surface area contributed by atoms with Crippen molar-refractivity contribution in [2.24, 2.45) is 5.41 Å². The maximum absolute atomic E-state index is 12.9. The molecule has 1 saturated heterocycles. The number of nitrogens with zero attached hydrogens (tertiary/aromatic N) is 3. The van der Waals surface area contributed by atoms with Crippen LogP contribution < -0.4 is 0 Å². The highest BCUT2D eigenvalue weighted by atomic mass is 16.7. The van der Waals surface area contributed by atoms with E-state index in [9.17, 15) is 4.79 Å². The van der Waals surface area contributed by atoms with Crippen LogP contribution in [0.2, 0.25) is 0 Å². The fraction of sp³-hybridized carbons (Fsp3) is 0.357. The summed E-state index contributed by atoms with van der Waals surface area (Å²) in [4.78, 5) is 16.8. The molecular weight excluding hydrogens is 274 g/mol. The molecule has 0 spiro atoms. The molecule has 0 aliphatic carbocycles. The van der Waals surface area contributed by atoms with Crippen LogP contribution in [0.1, 0.15) is 12.7 Å². The third kappa shape index (κ3) is 2.79. The van der Waals surface area contributed by atoms with Gasteiger partial charge in [0.2, 0.25) is 0 Å². The number of carbonyl (C=O) groups is 1. The molecule has 7 heteroatoms. The van der Waals surface area contributed by atoms with Crippen molar-refractivity contribution in [2.45, 2.75) is 6.92 Å². The Hall–Kier alpha value is -2.25. The smallest absolute Gasteiger partial charge is 0.191 e. The first kappa shape index (κ1) is 13.7. The van der Waals surface area contributed by atoms with Gasteiger partial charge in [-0.15, -0.1) is 0 Å². The second kappa shape index (κ2) is 5.63. The van der Waals surface area contributed by atoms with Gasteiger partial charge in [-0.2, -0.15) is 5.10 Å². The Kier molecular flexibility index (Phi) is 3.68. The third-order valence-corrected chi connectivity index (χ3v) is 3.28. The normalized spacial score (nSPS) is 18.6. The second-order valence-corrected chi connectivity index (χ2v) is 5.09. The first-order chi connectivity index (χ1) is 10.2. The number of carbonyl (C=O) groups excluding carboxylic acids is 1. The van der Waals surface area contributed by atoms with Crippen LogP contribution >= 0.6 is 0 Å². The molecule has 0 radical (unpaired) electrons. The molecule has 7 nitrogen and oxygen atoms in total. The van der Waals surface area contributed by atoms with E-state index < -0.39 is 5.41 Å². The summed E-state index contributed by atoms with van der Waals surface area (Å²) >= 11 is 0. The molecule has 0 unspecified atom stereocenters. The Morgan fingerprint density at radius 2 is 2.24 bits per heavy atom. The second-order valence-electron chi connectivity index (χ2n) is 5.09. The zero-order chi connectivity index (χ0) is 14.7. The van der Waals surface area contributed by atoms with Crippen LogP contribution in [0.3, 0.4) is 0 Å². The first-order valence-electron chi connectivity index (χ1n) is 6.49. The summed E-state index contributed by atoms with van der Waals surface area (Å²) in [6, 6.07) is 3.52. The Labute approximate surface area is 121 Å². The lowest BCUT2D eigenvalue weighted by atomic mass is 9.85. The molecule has 110 valence electrons. The van der Waals surface area contributed by atoms with Gasteiger partial charge in [0.1, 0.15) is 30.9 Å². The average Bonchev–Trinajstić information content (AvgIpc) is 3.18. The summed E-state index contributed by atoms with van der Waals surface area (Å²) in [5.74, 6) is 0.430. The maximum atomic E-state index is 12.9. The van der Waals surface area contributed by atoms with E-state index in [4.69, 9.17) is 13.9 Å². The Morgan fingerprint density at radius 1 is 1.43 bits per heavy atom. The van der Waals surface area contributed by atoms with Crippen LogP contribution in [-0.4, -0.2) is 40.6 Å². The van der Waals surface area contributed by atoms with Gasteiger partial charge in [0.25, 0.3) is 0 Å². The van der Waals surface area contributed by atoms with Crippen molar-refractivity contribution in [1.29, 1.82) is 0 Å². The standard InChI is InChI=1S/C14H15N3O4/c1-14(6-19-10-20-7-14)13(18)12(17-9-15-8-16-17)5-11-3-2-4-21-11/h2-5,8-9H,6-7,10H2,1H3. The zero-order valence-electron chi connectivity index (χ0n) is 11.6. The minimum absolute atomic E-state index is 0.135. The van der Waals surface area contributed by atoms with Crippen LogP contribution in [0.4, 0.5) is 0 Å². The van der Waals surface area contributed by atoms with E-state index in [0.717, 1.165) is 0 Å². The van der Waals surface area contributed by atoms with Crippen LogP contribution in [0.25, 0.3) is 11.8 Å². The summed E-state index contributed by atoms with van der Waals surface area (Å²) < 4.78 is 17.2. The molecule has 0 atom stereocenters. The Bertz CT molecular complexity index is 625. The molecule has 0 aromatic carbocycles. The average molecular weight is 289 g/mol. The number of furan rings is 1. The molecule has 2 aromatic rings. The van der Waals surface area contributed by atoms with E-state index in [1.54, 1.807) is 31.4 Å². The SMILES string of the molecule is CC1(C(=O)C(=Cc2ccco2)n2cncn2)COCOC1. The molecule has 1 aliphatic rings. The number of ketones is 1. The van der Waals surface area contributed by atoms with Gasteiger partial charge in [-0.1, -0.05) is 0 Å². The van der Waals surface area contributed by atoms with E-state index in [-0.39, 0.29) is 12.6 Å². The van der Waals surface area contributed by atoms with Crippen molar-refractivity contribution >= 4 is 17.6 Å². The number of allylic oxidation sites excluding steroid dienone is 1. The van der Waals surface area contributed by atoms with Crippen molar-refractivity contribution < 1.29 is 18.7 Å². The molecule has 3 rings (SSSR count). The lowest BCUT2D eigenvalue weighted by Crippen LogP contribution is -2.42. The quantitative estimate of drug-likeness (QED) is 0.793. The maximum Gasteiger partial charge on any atom is 0.191 e. The molecule has 0 N–H and O–H groups in total. The van der Waals surface area contributed by atoms with Crippen LogP contribution in [0.5, 0.6) is 0 Å². The predicted molar refractivity (Wildman–Crippen MR) is 72.8 cm³/mol. The minimum Gasteiger partial charge on any atom is -0.465 e. The van der Waals surface area contributed by atoms with Gasteiger partial charge in [0.15, 0.2) is 5.78 Å². The highest BCUT2D eigenvalue weighted by Gasteiger charge is 2.39. The van der Waals surface area contributed by atoms with E-state index in [2.05, 4.69) is 10.1 Å². The molecular formula is C14H15N3O4. The van der Waals surface area contributed by atoms with Gasteiger partial charge in [-0.05, 0) is 19.1 Å². The highest BCUT2D eigenvalue weighted by molar-refractivity contribution is 6.21. The van der Waals surface area contributed by atoms with Crippen molar-refractivity contribution in [3.05, 3.63) is 36.8 Å². The summed E-state index contributed by atoms with van der Waals surface area (Å²) in [5, 5.41) is 4.04. The molecule has 21 heavy (non-hydrogen) atoms. The van der Waals surface area contributed by atoms with Crippen molar-refractivity contribution in [2.75, 3.05) is 20.0 Å². The molecule has 0 saturated carbocycles. The van der Waals surface area contributed by atoms with Crippen LogP contribution in [0, 0.1) is 5.41 Å². The molecule has 2 aromatic heterocycles. The van der Waals surface area contributed by atoms with Gasteiger partial charge in [0, 0.05) is 6.08 Å². The fourth-order valence-corrected chi connectivity index (χ4v) is 2.15. The number of Topliss-reactive ketones (excluding diaryl/α,β-unsaturated/α-hetero) is 1. The van der Waals surface area contributed by atoms with Gasteiger partial charge in [-0.25, -0.2) is 9.67 Å². The number of aromatic nitrogens is 3. The van der Waals surface area contributed by atoms with E-state index in [0.29, 0.717) is 24.7 Å². The largest absolute Gasteiger partial charge is 0.465 e. The van der Waals surface area contributed by atoms with E-state index >= 15 is 0 Å². The Morgan fingerprint density at radius 3 is 2.86 bits per heavy atom. The molecule has 0 bridgehead atoms. The topological polar surface area (TPSA) is 79.4 Å². The monoisotopic (exact) mass is 289 g/mol. The molecule has 1 fully saturated rings. The van der Waals surface area contributed by atoms with Crippen molar-refractivity contribution in [1.82, 2.24) is 14.8 Å².